The van der Waals surface area contributed by atoms with Crippen LogP contribution in [0.1, 0.15) is 25.7 Å². The first-order chi connectivity index (χ1) is 9.06. The number of nitro benzene ring substituents is 1. The Morgan fingerprint density at radius 3 is 2.68 bits per heavy atom. The van der Waals surface area contributed by atoms with E-state index in [1.807, 2.05) is 0 Å². The van der Waals surface area contributed by atoms with E-state index in [9.17, 15) is 15.2 Å². The molecular formula is C13H17BrN2O3. The summed E-state index contributed by atoms with van der Waals surface area (Å²) < 4.78 is 0.683. The molecule has 1 aliphatic rings. The minimum Gasteiger partial charge on any atom is -0.396 e. The van der Waals surface area contributed by atoms with Gasteiger partial charge in [-0.1, -0.05) is 28.8 Å². The van der Waals surface area contributed by atoms with E-state index in [-0.39, 0.29) is 17.7 Å². The van der Waals surface area contributed by atoms with Crippen molar-refractivity contribution in [2.75, 3.05) is 18.5 Å². The molecule has 0 bridgehead atoms. The highest BCUT2D eigenvalue weighted by molar-refractivity contribution is 9.10. The van der Waals surface area contributed by atoms with Crippen LogP contribution in [0, 0.1) is 15.5 Å². The van der Waals surface area contributed by atoms with Gasteiger partial charge >= 0.3 is 0 Å². The molecule has 0 spiro atoms. The van der Waals surface area contributed by atoms with Gasteiger partial charge < -0.3 is 10.4 Å². The van der Waals surface area contributed by atoms with Crippen LogP contribution in [0.2, 0.25) is 0 Å². The number of aliphatic hydroxyl groups excluding tert-OH is 1. The van der Waals surface area contributed by atoms with Gasteiger partial charge in [-0.2, -0.15) is 0 Å². The summed E-state index contributed by atoms with van der Waals surface area (Å²) in [5.41, 5.74) is 0.439. The second kappa shape index (κ2) is 5.88. The minimum absolute atomic E-state index is 0.0560. The summed E-state index contributed by atoms with van der Waals surface area (Å²) in [7, 11) is 0. The van der Waals surface area contributed by atoms with Crippen molar-refractivity contribution in [3.8, 4) is 0 Å². The van der Waals surface area contributed by atoms with E-state index in [1.165, 1.54) is 6.07 Å². The van der Waals surface area contributed by atoms with Crippen molar-refractivity contribution in [1.29, 1.82) is 0 Å². The summed E-state index contributed by atoms with van der Waals surface area (Å²) in [5, 5.41) is 23.7. The van der Waals surface area contributed by atoms with Gasteiger partial charge in [0.1, 0.15) is 5.69 Å². The van der Waals surface area contributed by atoms with Crippen LogP contribution >= 0.6 is 15.9 Å². The third-order valence-corrected chi connectivity index (χ3v) is 4.30. The zero-order valence-electron chi connectivity index (χ0n) is 10.6. The number of nitrogens with one attached hydrogen (secondary N) is 1. The van der Waals surface area contributed by atoms with Crippen molar-refractivity contribution in [3.63, 3.8) is 0 Å². The molecule has 2 rings (SSSR count). The van der Waals surface area contributed by atoms with Crippen LogP contribution in [0.4, 0.5) is 11.4 Å². The van der Waals surface area contributed by atoms with Crippen molar-refractivity contribution in [2.45, 2.75) is 25.7 Å². The van der Waals surface area contributed by atoms with Gasteiger partial charge in [0.25, 0.3) is 5.69 Å². The lowest BCUT2D eigenvalue weighted by atomic mass is 9.87. The maximum Gasteiger partial charge on any atom is 0.293 e. The van der Waals surface area contributed by atoms with E-state index in [0.717, 1.165) is 25.7 Å². The van der Waals surface area contributed by atoms with Crippen LogP contribution in [0.25, 0.3) is 0 Å². The fraction of sp³-hybridized carbons (Fsp3) is 0.538. The van der Waals surface area contributed by atoms with Gasteiger partial charge in [0, 0.05) is 22.5 Å². The number of anilines is 1. The van der Waals surface area contributed by atoms with Gasteiger partial charge in [-0.15, -0.1) is 0 Å². The van der Waals surface area contributed by atoms with Crippen LogP contribution in [-0.2, 0) is 0 Å². The highest BCUT2D eigenvalue weighted by Gasteiger charge is 2.33. The number of nitro groups is 1. The molecule has 0 aliphatic heterocycles. The fourth-order valence-electron chi connectivity index (χ4n) is 2.60. The van der Waals surface area contributed by atoms with Crippen LogP contribution < -0.4 is 5.32 Å². The van der Waals surface area contributed by atoms with E-state index < -0.39 is 4.92 Å². The highest BCUT2D eigenvalue weighted by atomic mass is 79.9. The lowest BCUT2D eigenvalue weighted by Gasteiger charge is -2.27. The Labute approximate surface area is 120 Å². The average Bonchev–Trinajstić information content (AvgIpc) is 2.86. The van der Waals surface area contributed by atoms with Crippen LogP contribution in [0.15, 0.2) is 22.7 Å². The van der Waals surface area contributed by atoms with E-state index in [0.29, 0.717) is 16.7 Å². The maximum atomic E-state index is 11.0. The van der Waals surface area contributed by atoms with E-state index in [1.54, 1.807) is 12.1 Å². The quantitative estimate of drug-likeness (QED) is 0.642. The first kappa shape index (κ1) is 14.3. The first-order valence-electron chi connectivity index (χ1n) is 6.35. The Hall–Kier alpha value is -1.14. The molecule has 1 aromatic carbocycles. The number of aliphatic hydroxyl groups is 1. The van der Waals surface area contributed by atoms with E-state index >= 15 is 0 Å². The molecule has 0 heterocycles. The van der Waals surface area contributed by atoms with Gasteiger partial charge in [0.05, 0.1) is 11.5 Å². The number of hydrogen-bond acceptors (Lipinski definition) is 4. The summed E-state index contributed by atoms with van der Waals surface area (Å²) in [4.78, 5) is 10.6. The minimum atomic E-state index is -0.395. The highest BCUT2D eigenvalue weighted by Crippen LogP contribution is 2.38. The van der Waals surface area contributed by atoms with E-state index in [2.05, 4.69) is 21.2 Å². The predicted molar refractivity (Wildman–Crippen MR) is 77.3 cm³/mol. The average molecular weight is 329 g/mol. The molecule has 6 heteroatoms. The number of nitrogens with zero attached hydrogens (tertiary/aromatic N) is 1. The summed E-state index contributed by atoms with van der Waals surface area (Å²) in [5.74, 6) is 0. The third-order valence-electron chi connectivity index (χ3n) is 3.81. The zero-order valence-corrected chi connectivity index (χ0v) is 12.1. The molecular weight excluding hydrogens is 312 g/mol. The molecule has 0 saturated heterocycles. The number of benzene rings is 1. The van der Waals surface area contributed by atoms with Gasteiger partial charge in [-0.3, -0.25) is 10.1 Å². The standard InChI is InChI=1S/C13H17BrN2O3/c14-10-3-4-11(12(7-10)16(18)19)15-8-13(9-17)5-1-2-6-13/h3-4,7,15,17H,1-2,5-6,8-9H2. The Morgan fingerprint density at radius 2 is 2.11 bits per heavy atom. The normalized spacial score (nSPS) is 17.4. The van der Waals surface area contributed by atoms with Crippen molar-refractivity contribution in [1.82, 2.24) is 0 Å². The number of rotatable bonds is 5. The summed E-state index contributed by atoms with van der Waals surface area (Å²) in [6.07, 6.45) is 4.18. The molecule has 0 amide bonds. The van der Waals surface area contributed by atoms with Crippen molar-refractivity contribution in [2.24, 2.45) is 5.41 Å². The zero-order chi connectivity index (χ0) is 13.9. The SMILES string of the molecule is O=[N+]([O-])c1cc(Br)ccc1NCC1(CO)CCCC1. The Morgan fingerprint density at radius 1 is 1.42 bits per heavy atom. The predicted octanol–water partition coefficient (Wildman–Crippen LogP) is 3.32. The van der Waals surface area contributed by atoms with Crippen molar-refractivity contribution in [3.05, 3.63) is 32.8 Å². The second-order valence-corrected chi connectivity index (χ2v) is 6.05. The van der Waals surface area contributed by atoms with Gasteiger partial charge in [0.15, 0.2) is 0 Å². The molecule has 0 aromatic heterocycles. The topological polar surface area (TPSA) is 75.4 Å². The Bertz CT molecular complexity index is 473. The summed E-state index contributed by atoms with van der Waals surface area (Å²) in [6, 6.07) is 4.96. The van der Waals surface area contributed by atoms with E-state index in [4.69, 9.17) is 0 Å². The second-order valence-electron chi connectivity index (χ2n) is 5.14. The van der Waals surface area contributed by atoms with Gasteiger partial charge in [0.2, 0.25) is 0 Å². The molecule has 1 saturated carbocycles. The fourth-order valence-corrected chi connectivity index (χ4v) is 2.95. The van der Waals surface area contributed by atoms with Crippen molar-refractivity contribution < 1.29 is 10.0 Å². The van der Waals surface area contributed by atoms with Gasteiger partial charge in [-0.25, -0.2) is 0 Å². The third kappa shape index (κ3) is 3.25. The van der Waals surface area contributed by atoms with Crippen LogP contribution in [0.3, 0.4) is 0 Å². The lowest BCUT2D eigenvalue weighted by Crippen LogP contribution is -2.30. The molecule has 104 valence electrons. The number of halogens is 1. The Kier molecular flexibility index (Phi) is 4.42. The largest absolute Gasteiger partial charge is 0.396 e. The summed E-state index contributed by atoms with van der Waals surface area (Å²) in [6.45, 7) is 0.705. The van der Waals surface area contributed by atoms with Gasteiger partial charge in [-0.05, 0) is 25.0 Å². The molecule has 0 unspecified atom stereocenters. The van der Waals surface area contributed by atoms with Crippen molar-refractivity contribution >= 4 is 27.3 Å². The smallest absolute Gasteiger partial charge is 0.293 e. The lowest BCUT2D eigenvalue weighted by molar-refractivity contribution is -0.384. The summed E-state index contributed by atoms with van der Waals surface area (Å²) >= 11 is 3.23. The van der Waals surface area contributed by atoms with Crippen LogP contribution in [-0.4, -0.2) is 23.2 Å². The molecule has 2 N–H and O–H groups in total. The molecule has 19 heavy (non-hydrogen) atoms. The molecule has 1 aliphatic carbocycles. The Balaban J connectivity index is 2.13. The maximum absolute atomic E-state index is 11.0. The molecule has 1 fully saturated rings. The molecule has 5 nitrogen and oxygen atoms in total. The molecule has 1 aromatic rings. The molecule has 0 radical (unpaired) electrons. The molecule has 0 atom stereocenters. The number of hydrogen-bond donors (Lipinski definition) is 2. The monoisotopic (exact) mass is 328 g/mol. The van der Waals surface area contributed by atoms with Crippen LogP contribution in [0.5, 0.6) is 0 Å². The first-order valence-corrected chi connectivity index (χ1v) is 7.14.